The average molecular weight is 274 g/mol. The average Bonchev–Trinajstić information content (AvgIpc) is 2.22. The second-order valence-corrected chi connectivity index (χ2v) is 4.49. The van der Waals surface area contributed by atoms with E-state index in [0.29, 0.717) is 5.92 Å². The molecule has 1 saturated carbocycles. The lowest BCUT2D eigenvalue weighted by Crippen LogP contribution is -2.35. The van der Waals surface area contributed by atoms with Crippen LogP contribution < -0.4 is 5.32 Å². The number of halogens is 2. The maximum atomic E-state index is 12.8. The number of carboxylic acid groups (broad SMARTS) is 1. The Morgan fingerprint density at radius 3 is 2.44 bits per heavy atom. The summed E-state index contributed by atoms with van der Waals surface area (Å²) in [7, 11) is 0. The molecule has 2 rings (SSSR count). The zero-order chi connectivity index (χ0) is 12.3. The van der Waals surface area contributed by atoms with Crippen molar-refractivity contribution in [3.63, 3.8) is 0 Å². The van der Waals surface area contributed by atoms with E-state index in [-0.39, 0.29) is 30.8 Å². The molecular formula is C13H17ClFNO2. The summed E-state index contributed by atoms with van der Waals surface area (Å²) in [6, 6.07) is 6.33. The van der Waals surface area contributed by atoms with Crippen molar-refractivity contribution in [2.45, 2.75) is 25.3 Å². The highest BCUT2D eigenvalue weighted by Crippen LogP contribution is 2.37. The molecule has 1 aliphatic rings. The van der Waals surface area contributed by atoms with E-state index in [4.69, 9.17) is 5.11 Å². The van der Waals surface area contributed by atoms with Gasteiger partial charge in [-0.2, -0.15) is 0 Å². The van der Waals surface area contributed by atoms with E-state index in [2.05, 4.69) is 5.32 Å². The van der Waals surface area contributed by atoms with E-state index in [1.807, 2.05) is 0 Å². The van der Waals surface area contributed by atoms with Crippen LogP contribution in [-0.2, 0) is 4.79 Å². The fourth-order valence-corrected chi connectivity index (χ4v) is 2.20. The normalized spacial score (nSPS) is 16.5. The Kier molecular flexibility index (Phi) is 5.56. The van der Waals surface area contributed by atoms with E-state index in [9.17, 15) is 9.18 Å². The molecule has 0 saturated heterocycles. The van der Waals surface area contributed by atoms with Gasteiger partial charge in [0.25, 0.3) is 0 Å². The van der Waals surface area contributed by atoms with Crippen LogP contribution in [0.1, 0.15) is 30.9 Å². The molecule has 0 heterocycles. The first-order chi connectivity index (χ1) is 8.16. The monoisotopic (exact) mass is 273 g/mol. The first-order valence-corrected chi connectivity index (χ1v) is 5.87. The number of hydrogen-bond donors (Lipinski definition) is 2. The molecule has 3 nitrogen and oxygen atoms in total. The van der Waals surface area contributed by atoms with Crippen molar-refractivity contribution in [1.29, 1.82) is 0 Å². The summed E-state index contributed by atoms with van der Waals surface area (Å²) >= 11 is 0. The summed E-state index contributed by atoms with van der Waals surface area (Å²) in [6.45, 7) is -0.0570. The summed E-state index contributed by atoms with van der Waals surface area (Å²) in [5.41, 5.74) is 0.970. The molecule has 1 fully saturated rings. The van der Waals surface area contributed by atoms with E-state index in [0.717, 1.165) is 18.4 Å². The lowest BCUT2D eigenvalue weighted by atomic mass is 9.77. The van der Waals surface area contributed by atoms with Gasteiger partial charge in [-0.3, -0.25) is 10.1 Å². The second kappa shape index (κ2) is 6.71. The molecule has 5 heteroatoms. The Balaban J connectivity index is 0.00000162. The molecule has 1 aromatic carbocycles. The third-order valence-corrected chi connectivity index (χ3v) is 3.32. The standard InChI is InChI=1S/C13H16FNO2.ClH/c14-11-6-4-10(5-7-11)13(9-2-1-3-9)15-8-12(16)17;/h4-7,9,13,15H,1-3,8H2,(H,16,17);1H. The zero-order valence-electron chi connectivity index (χ0n) is 9.93. The van der Waals surface area contributed by atoms with Crippen LogP contribution >= 0.6 is 12.4 Å². The first kappa shape index (κ1) is 14.9. The van der Waals surface area contributed by atoms with Crippen molar-refractivity contribution in [3.05, 3.63) is 35.6 Å². The number of aliphatic carboxylic acids is 1. The van der Waals surface area contributed by atoms with Gasteiger partial charge in [0.2, 0.25) is 0 Å². The zero-order valence-corrected chi connectivity index (χ0v) is 10.8. The lowest BCUT2D eigenvalue weighted by Gasteiger charge is -2.34. The maximum Gasteiger partial charge on any atom is 0.317 e. The van der Waals surface area contributed by atoms with Crippen LogP contribution in [0.5, 0.6) is 0 Å². The van der Waals surface area contributed by atoms with Crippen molar-refractivity contribution in [2.24, 2.45) is 5.92 Å². The minimum Gasteiger partial charge on any atom is -0.480 e. The quantitative estimate of drug-likeness (QED) is 0.867. The number of hydrogen-bond acceptors (Lipinski definition) is 2. The van der Waals surface area contributed by atoms with Crippen LogP contribution in [0.3, 0.4) is 0 Å². The van der Waals surface area contributed by atoms with Gasteiger partial charge < -0.3 is 5.11 Å². The molecule has 1 aromatic rings. The third kappa shape index (κ3) is 3.68. The second-order valence-electron chi connectivity index (χ2n) is 4.49. The Morgan fingerprint density at radius 1 is 1.39 bits per heavy atom. The molecule has 100 valence electrons. The number of rotatable bonds is 5. The molecule has 0 spiro atoms. The van der Waals surface area contributed by atoms with Crippen LogP contribution in [0.25, 0.3) is 0 Å². The smallest absolute Gasteiger partial charge is 0.317 e. The van der Waals surface area contributed by atoms with Gasteiger partial charge in [-0.15, -0.1) is 12.4 Å². The van der Waals surface area contributed by atoms with E-state index >= 15 is 0 Å². The van der Waals surface area contributed by atoms with Gasteiger partial charge in [0.1, 0.15) is 5.82 Å². The fraction of sp³-hybridized carbons (Fsp3) is 0.462. The van der Waals surface area contributed by atoms with Crippen molar-refractivity contribution in [2.75, 3.05) is 6.54 Å². The van der Waals surface area contributed by atoms with Gasteiger partial charge in [0, 0.05) is 6.04 Å². The minimum atomic E-state index is -0.864. The highest BCUT2D eigenvalue weighted by Gasteiger charge is 2.28. The lowest BCUT2D eigenvalue weighted by molar-refractivity contribution is -0.136. The van der Waals surface area contributed by atoms with Gasteiger partial charge in [-0.1, -0.05) is 18.6 Å². The number of benzene rings is 1. The summed E-state index contributed by atoms with van der Waals surface area (Å²) in [5.74, 6) is -0.657. The van der Waals surface area contributed by atoms with Gasteiger partial charge in [0.05, 0.1) is 6.54 Å². The molecule has 0 radical (unpaired) electrons. The van der Waals surface area contributed by atoms with E-state index < -0.39 is 5.97 Å². The van der Waals surface area contributed by atoms with Gasteiger partial charge in [-0.05, 0) is 36.5 Å². The van der Waals surface area contributed by atoms with Crippen molar-refractivity contribution < 1.29 is 14.3 Å². The Labute approximate surface area is 112 Å². The molecule has 1 unspecified atom stereocenters. The number of carboxylic acids is 1. The van der Waals surface area contributed by atoms with E-state index in [1.54, 1.807) is 12.1 Å². The van der Waals surface area contributed by atoms with E-state index in [1.165, 1.54) is 18.6 Å². The number of carbonyl (C=O) groups is 1. The Hall–Kier alpha value is -1.13. The molecule has 0 amide bonds. The van der Waals surface area contributed by atoms with Crippen LogP contribution in [-0.4, -0.2) is 17.6 Å². The fourth-order valence-electron chi connectivity index (χ4n) is 2.20. The molecule has 2 N–H and O–H groups in total. The van der Waals surface area contributed by atoms with Crippen LogP contribution in [0.2, 0.25) is 0 Å². The molecule has 0 aliphatic heterocycles. The topological polar surface area (TPSA) is 49.3 Å². The summed E-state index contributed by atoms with van der Waals surface area (Å²) < 4.78 is 12.8. The SMILES string of the molecule is Cl.O=C(O)CNC(c1ccc(F)cc1)C1CCC1. The van der Waals surface area contributed by atoms with Crippen LogP contribution in [0, 0.1) is 11.7 Å². The van der Waals surface area contributed by atoms with Gasteiger partial charge in [0.15, 0.2) is 0 Å². The molecule has 1 aliphatic carbocycles. The molecule has 0 aromatic heterocycles. The Morgan fingerprint density at radius 2 is 2.00 bits per heavy atom. The molecular weight excluding hydrogens is 257 g/mol. The van der Waals surface area contributed by atoms with Crippen LogP contribution in [0.4, 0.5) is 4.39 Å². The summed E-state index contributed by atoms with van der Waals surface area (Å²) in [4.78, 5) is 10.6. The molecule has 18 heavy (non-hydrogen) atoms. The predicted molar refractivity (Wildman–Crippen MR) is 69.4 cm³/mol. The number of nitrogens with one attached hydrogen (secondary N) is 1. The summed E-state index contributed by atoms with van der Waals surface area (Å²) in [6.07, 6.45) is 3.40. The van der Waals surface area contributed by atoms with Crippen molar-refractivity contribution >= 4 is 18.4 Å². The highest BCUT2D eigenvalue weighted by molar-refractivity contribution is 5.85. The largest absolute Gasteiger partial charge is 0.480 e. The first-order valence-electron chi connectivity index (χ1n) is 5.87. The minimum absolute atomic E-state index is 0. The molecule has 1 atom stereocenters. The third-order valence-electron chi connectivity index (χ3n) is 3.32. The maximum absolute atomic E-state index is 12.8. The molecule has 0 bridgehead atoms. The predicted octanol–water partition coefficient (Wildman–Crippen LogP) is 2.76. The summed E-state index contributed by atoms with van der Waals surface area (Å²) in [5, 5.41) is 11.7. The van der Waals surface area contributed by atoms with Crippen molar-refractivity contribution in [3.8, 4) is 0 Å². The van der Waals surface area contributed by atoms with Crippen molar-refractivity contribution in [1.82, 2.24) is 5.32 Å². The highest BCUT2D eigenvalue weighted by atomic mass is 35.5. The van der Waals surface area contributed by atoms with Gasteiger partial charge >= 0.3 is 5.97 Å². The van der Waals surface area contributed by atoms with Gasteiger partial charge in [-0.25, -0.2) is 4.39 Å². The van der Waals surface area contributed by atoms with Crippen LogP contribution in [0.15, 0.2) is 24.3 Å². The Bertz CT molecular complexity index is 392.